The molecule has 0 bridgehead atoms. The standard InChI is InChI=1S/C28H30N6O2/c1-6-27-21(14-22(18-30-27)23-19-31-33(3)20-23)9-12-34(11-7-8-28-29-10-13-32(28)2)24-15-25(35-4)17-26(16-24)36-5/h6,9-10,13-20H,11-12H2,1-5H3/b21-9-,27-6+. The van der Waals surface area contributed by atoms with Gasteiger partial charge in [0.05, 0.1) is 32.3 Å². The van der Waals surface area contributed by atoms with Crippen LogP contribution in [0, 0.1) is 11.8 Å². The highest BCUT2D eigenvalue weighted by Crippen LogP contribution is 2.28. The van der Waals surface area contributed by atoms with Gasteiger partial charge in [0, 0.05) is 80.4 Å². The van der Waals surface area contributed by atoms with Crippen molar-refractivity contribution in [2.45, 2.75) is 6.92 Å². The van der Waals surface area contributed by atoms with E-state index in [1.54, 1.807) is 25.1 Å². The van der Waals surface area contributed by atoms with Crippen LogP contribution >= 0.6 is 0 Å². The third-order valence-corrected chi connectivity index (χ3v) is 5.79. The molecule has 36 heavy (non-hydrogen) atoms. The number of rotatable bonds is 7. The third kappa shape index (κ3) is 5.76. The zero-order valence-electron chi connectivity index (χ0n) is 21.3. The van der Waals surface area contributed by atoms with Gasteiger partial charge in [-0.25, -0.2) is 4.98 Å². The molecule has 3 heterocycles. The first-order chi connectivity index (χ1) is 17.5. The fourth-order valence-electron chi connectivity index (χ4n) is 3.77. The minimum absolute atomic E-state index is 0.487. The average molecular weight is 483 g/mol. The summed E-state index contributed by atoms with van der Waals surface area (Å²) in [4.78, 5) is 11.1. The lowest BCUT2D eigenvalue weighted by atomic mass is 10.1. The van der Waals surface area contributed by atoms with Crippen LogP contribution < -0.4 is 24.9 Å². The maximum atomic E-state index is 5.50. The molecule has 0 saturated carbocycles. The lowest BCUT2D eigenvalue weighted by Gasteiger charge is -2.22. The van der Waals surface area contributed by atoms with Gasteiger partial charge < -0.3 is 18.9 Å². The van der Waals surface area contributed by atoms with E-state index in [0.29, 0.717) is 24.6 Å². The van der Waals surface area contributed by atoms with Gasteiger partial charge in [-0.1, -0.05) is 18.1 Å². The molecule has 0 saturated heterocycles. The lowest BCUT2D eigenvalue weighted by molar-refractivity contribution is 0.394. The number of hydrogen-bond donors (Lipinski definition) is 0. The number of methoxy groups -OCH3 is 2. The van der Waals surface area contributed by atoms with Crippen molar-refractivity contribution >= 4 is 17.8 Å². The van der Waals surface area contributed by atoms with Crippen molar-refractivity contribution in [1.82, 2.24) is 24.3 Å². The maximum absolute atomic E-state index is 5.50. The van der Waals surface area contributed by atoms with E-state index in [1.807, 2.05) is 74.6 Å². The molecule has 0 aliphatic heterocycles. The molecule has 8 heteroatoms. The fraction of sp³-hybridized carbons (Fsp3) is 0.250. The molecular formula is C28H30N6O2. The number of pyridine rings is 1. The van der Waals surface area contributed by atoms with E-state index in [-0.39, 0.29) is 0 Å². The molecule has 4 aromatic rings. The van der Waals surface area contributed by atoms with Gasteiger partial charge in [0.15, 0.2) is 5.82 Å². The molecule has 8 nitrogen and oxygen atoms in total. The average Bonchev–Trinajstić information content (AvgIpc) is 3.53. The second kappa shape index (κ2) is 11.3. The SMILES string of the molecule is C/C=c1/ncc(-c2cnn(C)c2)c/c1=C/CN(CC#Cc1nccn1C)c1cc(OC)cc(OC)c1. The van der Waals surface area contributed by atoms with Crippen LogP contribution in [-0.4, -0.2) is 51.6 Å². The molecule has 1 aromatic carbocycles. The van der Waals surface area contributed by atoms with E-state index in [1.165, 1.54) is 0 Å². The highest BCUT2D eigenvalue weighted by molar-refractivity contribution is 5.62. The molecule has 0 spiro atoms. The number of aryl methyl sites for hydroxylation is 2. The van der Waals surface area contributed by atoms with Crippen molar-refractivity contribution in [2.24, 2.45) is 14.1 Å². The molecule has 184 valence electrons. The third-order valence-electron chi connectivity index (χ3n) is 5.79. The molecule has 0 aliphatic carbocycles. The van der Waals surface area contributed by atoms with Crippen LogP contribution in [0.2, 0.25) is 0 Å². The lowest BCUT2D eigenvalue weighted by Crippen LogP contribution is -2.31. The van der Waals surface area contributed by atoms with Crippen LogP contribution in [0.5, 0.6) is 11.5 Å². The van der Waals surface area contributed by atoms with Crippen molar-refractivity contribution in [2.75, 3.05) is 32.2 Å². The van der Waals surface area contributed by atoms with Gasteiger partial charge in [-0.2, -0.15) is 5.10 Å². The van der Waals surface area contributed by atoms with Crippen molar-refractivity contribution in [3.63, 3.8) is 0 Å². The number of anilines is 1. The molecule has 0 N–H and O–H groups in total. The fourth-order valence-corrected chi connectivity index (χ4v) is 3.77. The number of aromatic nitrogens is 5. The van der Waals surface area contributed by atoms with Crippen LogP contribution in [0.1, 0.15) is 12.7 Å². The molecular weight excluding hydrogens is 452 g/mol. The predicted octanol–water partition coefficient (Wildman–Crippen LogP) is 2.37. The summed E-state index contributed by atoms with van der Waals surface area (Å²) < 4.78 is 14.7. The molecule has 0 unspecified atom stereocenters. The van der Waals surface area contributed by atoms with Crippen LogP contribution in [0.4, 0.5) is 5.69 Å². The summed E-state index contributed by atoms with van der Waals surface area (Å²) >= 11 is 0. The first-order valence-corrected chi connectivity index (χ1v) is 11.6. The van der Waals surface area contributed by atoms with Gasteiger partial charge in [0.25, 0.3) is 0 Å². The maximum Gasteiger partial charge on any atom is 0.185 e. The summed E-state index contributed by atoms with van der Waals surface area (Å²) in [6.07, 6.45) is 13.5. The van der Waals surface area contributed by atoms with Crippen LogP contribution in [-0.2, 0) is 14.1 Å². The largest absolute Gasteiger partial charge is 0.497 e. The number of imidazole rings is 1. The van der Waals surface area contributed by atoms with Crippen LogP contribution in [0.15, 0.2) is 55.2 Å². The van der Waals surface area contributed by atoms with Crippen LogP contribution in [0.25, 0.3) is 23.3 Å². The quantitative estimate of drug-likeness (QED) is 0.377. The minimum atomic E-state index is 0.487. The summed E-state index contributed by atoms with van der Waals surface area (Å²) in [5, 5.41) is 6.25. The molecule has 3 aromatic heterocycles. The Kier molecular flexibility index (Phi) is 7.71. The van der Waals surface area contributed by atoms with Gasteiger partial charge in [-0.3, -0.25) is 9.67 Å². The Balaban J connectivity index is 1.72. The molecule has 4 rings (SSSR count). The highest BCUT2D eigenvalue weighted by Gasteiger charge is 2.09. The molecule has 0 atom stereocenters. The van der Waals surface area contributed by atoms with Crippen LogP contribution in [0.3, 0.4) is 0 Å². The molecule has 0 radical (unpaired) electrons. The summed E-state index contributed by atoms with van der Waals surface area (Å²) in [5.41, 5.74) is 2.98. The summed E-state index contributed by atoms with van der Waals surface area (Å²) in [5.74, 6) is 8.58. The summed E-state index contributed by atoms with van der Waals surface area (Å²) in [7, 11) is 7.13. The Morgan fingerprint density at radius 3 is 2.39 bits per heavy atom. The van der Waals surface area contributed by atoms with Crippen molar-refractivity contribution in [3.05, 3.63) is 71.6 Å². The smallest absolute Gasteiger partial charge is 0.185 e. The first-order valence-electron chi connectivity index (χ1n) is 11.6. The van der Waals surface area contributed by atoms with Gasteiger partial charge in [-0.15, -0.1) is 0 Å². The molecule has 0 fully saturated rings. The topological polar surface area (TPSA) is 70.2 Å². The summed E-state index contributed by atoms with van der Waals surface area (Å²) in [6, 6.07) is 7.96. The molecule has 0 aliphatic rings. The zero-order valence-corrected chi connectivity index (χ0v) is 21.3. The number of benzene rings is 1. The number of nitrogens with zero attached hydrogens (tertiary/aromatic N) is 6. The number of hydrogen-bond acceptors (Lipinski definition) is 6. The van der Waals surface area contributed by atoms with Crippen molar-refractivity contribution < 1.29 is 9.47 Å². The van der Waals surface area contributed by atoms with Gasteiger partial charge in [-0.05, 0) is 24.1 Å². The van der Waals surface area contributed by atoms with Crippen molar-refractivity contribution in [3.8, 4) is 34.5 Å². The summed E-state index contributed by atoms with van der Waals surface area (Å²) in [6.45, 7) is 3.08. The second-order valence-electron chi connectivity index (χ2n) is 8.21. The predicted molar refractivity (Wildman–Crippen MR) is 142 cm³/mol. The van der Waals surface area contributed by atoms with E-state index in [4.69, 9.17) is 9.47 Å². The second-order valence-corrected chi connectivity index (χ2v) is 8.21. The molecule has 0 amide bonds. The normalized spacial score (nSPS) is 11.8. The van der Waals surface area contributed by atoms with Crippen molar-refractivity contribution in [1.29, 1.82) is 0 Å². The minimum Gasteiger partial charge on any atom is -0.497 e. The highest BCUT2D eigenvalue weighted by atomic mass is 16.5. The Morgan fingerprint density at radius 2 is 1.78 bits per heavy atom. The Bertz CT molecular complexity index is 1500. The van der Waals surface area contributed by atoms with E-state index in [2.05, 4.69) is 43.9 Å². The van der Waals surface area contributed by atoms with E-state index < -0.39 is 0 Å². The van der Waals surface area contributed by atoms with Gasteiger partial charge in [0.2, 0.25) is 0 Å². The Labute approximate surface area is 211 Å². The first kappa shape index (κ1) is 24.6. The monoisotopic (exact) mass is 482 g/mol. The van der Waals surface area contributed by atoms with Gasteiger partial charge >= 0.3 is 0 Å². The Morgan fingerprint density at radius 1 is 1.00 bits per heavy atom. The number of ether oxygens (including phenoxy) is 2. The zero-order chi connectivity index (χ0) is 25.5. The van der Waals surface area contributed by atoms with E-state index >= 15 is 0 Å². The van der Waals surface area contributed by atoms with E-state index in [0.717, 1.165) is 33.2 Å². The Hall–Kier alpha value is -4.51. The van der Waals surface area contributed by atoms with Gasteiger partial charge in [0.1, 0.15) is 11.5 Å². The van der Waals surface area contributed by atoms with E-state index in [9.17, 15) is 0 Å².